The fraction of sp³-hybridized carbons (Fsp3) is 0.111. The van der Waals surface area contributed by atoms with Gasteiger partial charge in [-0.15, -0.1) is 0 Å². The molecule has 0 atom stereocenters. The van der Waals surface area contributed by atoms with Crippen molar-refractivity contribution in [2.45, 2.75) is 10.8 Å². The first-order valence-electron chi connectivity index (χ1n) is 20.1. The Balaban J connectivity index is 0.792. The van der Waals surface area contributed by atoms with E-state index in [1.807, 2.05) is 48.5 Å². The van der Waals surface area contributed by atoms with Crippen molar-refractivity contribution >= 4 is 0 Å². The van der Waals surface area contributed by atoms with Gasteiger partial charge in [0.25, 0.3) is 0 Å². The predicted octanol–water partition coefficient (Wildman–Crippen LogP) is 11.3. The molecule has 0 bridgehead atoms. The molecule has 5 heteroatoms. The smallest absolute Gasteiger partial charge is 0.119 e. The van der Waals surface area contributed by atoms with E-state index in [1.165, 1.54) is 44.5 Å². The second-order valence-electron chi connectivity index (χ2n) is 15.1. The molecule has 288 valence electrons. The van der Waals surface area contributed by atoms with Crippen LogP contribution in [0.15, 0.2) is 194 Å². The van der Waals surface area contributed by atoms with Gasteiger partial charge in [0.1, 0.15) is 36.2 Å². The molecule has 0 heterocycles. The van der Waals surface area contributed by atoms with Gasteiger partial charge in [0.05, 0.1) is 24.0 Å². The number of hydrogen-bond acceptors (Lipinski definition) is 5. The van der Waals surface area contributed by atoms with Gasteiger partial charge in [-0.2, -0.15) is 0 Å². The number of hydrogen-bond donors (Lipinski definition) is 2. The van der Waals surface area contributed by atoms with Crippen LogP contribution in [0.1, 0.15) is 44.5 Å². The van der Waals surface area contributed by atoms with Crippen LogP contribution in [0.4, 0.5) is 0 Å². The molecule has 0 unspecified atom stereocenters. The third kappa shape index (κ3) is 5.97. The van der Waals surface area contributed by atoms with Gasteiger partial charge in [0.2, 0.25) is 0 Å². The minimum absolute atomic E-state index is 0.244. The number of aromatic hydroxyl groups is 2. The number of phenols is 2. The van der Waals surface area contributed by atoms with Gasteiger partial charge in [-0.25, -0.2) is 0 Å². The van der Waals surface area contributed by atoms with Crippen LogP contribution in [0, 0.1) is 0 Å². The lowest BCUT2D eigenvalue weighted by atomic mass is 9.68. The van der Waals surface area contributed by atoms with Crippen LogP contribution in [-0.4, -0.2) is 36.6 Å². The second kappa shape index (κ2) is 15.0. The highest BCUT2D eigenvalue weighted by atomic mass is 16.5. The molecule has 8 aromatic carbocycles. The van der Waals surface area contributed by atoms with Crippen molar-refractivity contribution in [3.05, 3.63) is 239 Å². The first-order valence-corrected chi connectivity index (χ1v) is 20.1. The Morgan fingerprint density at radius 2 is 0.576 bits per heavy atom. The Morgan fingerprint density at radius 3 is 0.881 bits per heavy atom. The average Bonchev–Trinajstić information content (AvgIpc) is 3.76. The minimum Gasteiger partial charge on any atom is -0.508 e. The van der Waals surface area contributed by atoms with Gasteiger partial charge in [0, 0.05) is 0 Å². The van der Waals surface area contributed by atoms with Crippen LogP contribution in [0.2, 0.25) is 0 Å². The number of phenolic OH excluding ortho intramolecular Hbond substituents is 2. The number of rotatable bonds is 12. The van der Waals surface area contributed by atoms with E-state index in [4.69, 9.17) is 14.2 Å². The third-order valence-electron chi connectivity index (χ3n) is 12.1. The van der Waals surface area contributed by atoms with E-state index in [0.29, 0.717) is 26.4 Å². The summed E-state index contributed by atoms with van der Waals surface area (Å²) in [7, 11) is 0. The lowest BCUT2D eigenvalue weighted by Gasteiger charge is -2.34. The van der Waals surface area contributed by atoms with Crippen LogP contribution >= 0.6 is 0 Å². The van der Waals surface area contributed by atoms with E-state index in [2.05, 4.69) is 121 Å². The first kappa shape index (κ1) is 36.3. The SMILES string of the molecule is Oc1ccc(C2(c3ccc(OCCOCCOc4ccc(C5(c6ccc(O)cc6)c6ccccc6-c6ccccc65)cc4)cc3)c3ccccc3-c3ccccc32)cc1. The largest absolute Gasteiger partial charge is 0.508 e. The van der Waals surface area contributed by atoms with Crippen molar-refractivity contribution < 1.29 is 24.4 Å². The molecule has 0 aromatic heterocycles. The Morgan fingerprint density at radius 1 is 0.305 bits per heavy atom. The molecule has 2 aliphatic carbocycles. The predicted molar refractivity (Wildman–Crippen MR) is 233 cm³/mol. The summed E-state index contributed by atoms with van der Waals surface area (Å²) in [4.78, 5) is 0. The van der Waals surface area contributed by atoms with Gasteiger partial charge in [-0.05, 0) is 115 Å². The summed E-state index contributed by atoms with van der Waals surface area (Å²) < 4.78 is 18.2. The summed E-state index contributed by atoms with van der Waals surface area (Å²) in [5.74, 6) is 2.03. The van der Waals surface area contributed by atoms with Crippen molar-refractivity contribution in [2.24, 2.45) is 0 Å². The molecule has 59 heavy (non-hydrogen) atoms. The quantitative estimate of drug-likeness (QED) is 0.121. The minimum atomic E-state index is -0.537. The average molecular weight is 771 g/mol. The van der Waals surface area contributed by atoms with Crippen LogP contribution < -0.4 is 9.47 Å². The van der Waals surface area contributed by atoms with E-state index in [0.717, 1.165) is 33.8 Å². The number of ether oxygens (including phenoxy) is 3. The fourth-order valence-electron chi connectivity index (χ4n) is 9.61. The monoisotopic (exact) mass is 770 g/mol. The molecule has 0 saturated carbocycles. The molecule has 2 N–H and O–H groups in total. The maximum absolute atomic E-state index is 10.2. The third-order valence-corrected chi connectivity index (χ3v) is 12.1. The standard InChI is InChI=1S/C54H42O5/c55-41-25-17-37(18-26-41)53(49-13-5-1-9-45(49)46-10-2-6-14-50(46)53)39-21-29-43(30-22-39)58-35-33-57-34-36-59-44-31-23-40(24-32-44)54(38-19-27-42(56)28-20-38)51-15-7-3-11-47(51)48-12-4-8-16-52(48)54/h1-32,55-56H,33-36H2. The van der Waals surface area contributed by atoms with Crippen LogP contribution in [0.5, 0.6) is 23.0 Å². The van der Waals surface area contributed by atoms with Gasteiger partial charge in [-0.1, -0.05) is 146 Å². The Kier molecular flexibility index (Phi) is 9.23. The molecule has 2 aliphatic rings. The molecule has 0 aliphatic heterocycles. The number of fused-ring (bicyclic) bond motifs is 6. The van der Waals surface area contributed by atoms with E-state index < -0.39 is 10.8 Å². The summed E-state index contributed by atoms with van der Waals surface area (Å²) in [6, 6.07) is 66.3. The first-order chi connectivity index (χ1) is 29.1. The Bertz CT molecular complexity index is 2470. The zero-order valence-electron chi connectivity index (χ0n) is 32.4. The molecule has 0 spiro atoms. The molecule has 8 aromatic rings. The molecule has 0 saturated heterocycles. The zero-order chi connectivity index (χ0) is 39.8. The van der Waals surface area contributed by atoms with Crippen LogP contribution in [0.25, 0.3) is 22.3 Å². The molecular weight excluding hydrogens is 729 g/mol. The van der Waals surface area contributed by atoms with E-state index >= 15 is 0 Å². The van der Waals surface area contributed by atoms with E-state index in [9.17, 15) is 10.2 Å². The fourth-order valence-corrected chi connectivity index (χ4v) is 9.61. The summed E-state index contributed by atoms with van der Waals surface area (Å²) >= 11 is 0. The summed E-state index contributed by atoms with van der Waals surface area (Å²) in [5, 5.41) is 20.4. The highest BCUT2D eigenvalue weighted by Crippen LogP contribution is 2.57. The number of benzene rings is 8. The van der Waals surface area contributed by atoms with Gasteiger partial charge >= 0.3 is 0 Å². The topological polar surface area (TPSA) is 68.2 Å². The maximum Gasteiger partial charge on any atom is 0.119 e. The maximum atomic E-state index is 10.2. The second-order valence-corrected chi connectivity index (χ2v) is 15.1. The highest BCUT2D eigenvalue weighted by Gasteiger charge is 2.47. The molecule has 5 nitrogen and oxygen atoms in total. The lowest BCUT2D eigenvalue weighted by Crippen LogP contribution is -2.28. The van der Waals surface area contributed by atoms with Crippen molar-refractivity contribution in [1.82, 2.24) is 0 Å². The highest BCUT2D eigenvalue weighted by molar-refractivity contribution is 5.87. The molecule has 0 radical (unpaired) electrons. The Hall–Kier alpha value is -7.08. The van der Waals surface area contributed by atoms with Crippen LogP contribution in [-0.2, 0) is 15.6 Å². The van der Waals surface area contributed by atoms with Crippen molar-refractivity contribution in [1.29, 1.82) is 0 Å². The van der Waals surface area contributed by atoms with Crippen molar-refractivity contribution in [3.8, 4) is 45.3 Å². The molecule has 0 fully saturated rings. The summed E-state index contributed by atoms with van der Waals surface area (Å²) in [5.41, 5.74) is 13.1. The van der Waals surface area contributed by atoms with Gasteiger partial charge in [-0.3, -0.25) is 0 Å². The normalized spacial score (nSPS) is 13.8. The molecular formula is C54H42O5. The Labute approximate surface area is 344 Å². The van der Waals surface area contributed by atoms with E-state index in [1.54, 1.807) is 24.3 Å². The molecule has 0 amide bonds. The lowest BCUT2D eigenvalue weighted by molar-refractivity contribution is 0.0764. The molecule has 10 rings (SSSR count). The summed E-state index contributed by atoms with van der Waals surface area (Å²) in [6.45, 7) is 1.67. The van der Waals surface area contributed by atoms with Crippen molar-refractivity contribution in [2.75, 3.05) is 26.4 Å². The van der Waals surface area contributed by atoms with Crippen molar-refractivity contribution in [3.63, 3.8) is 0 Å². The van der Waals surface area contributed by atoms with Gasteiger partial charge < -0.3 is 24.4 Å². The zero-order valence-corrected chi connectivity index (χ0v) is 32.4. The van der Waals surface area contributed by atoms with Crippen LogP contribution in [0.3, 0.4) is 0 Å². The summed E-state index contributed by atoms with van der Waals surface area (Å²) in [6.07, 6.45) is 0. The van der Waals surface area contributed by atoms with Gasteiger partial charge in [0.15, 0.2) is 0 Å². The van der Waals surface area contributed by atoms with E-state index in [-0.39, 0.29) is 11.5 Å².